The first kappa shape index (κ1) is 12.5. The van der Waals surface area contributed by atoms with Gasteiger partial charge in [0.15, 0.2) is 9.84 Å². The van der Waals surface area contributed by atoms with Gasteiger partial charge in [-0.2, -0.15) is 0 Å². The third-order valence-electron chi connectivity index (χ3n) is 2.70. The van der Waals surface area contributed by atoms with E-state index in [0.717, 1.165) is 19.3 Å². The summed E-state index contributed by atoms with van der Waals surface area (Å²) in [6.07, 6.45) is 3.66. The van der Waals surface area contributed by atoms with Crippen LogP contribution >= 0.6 is 0 Å². The van der Waals surface area contributed by atoms with E-state index < -0.39 is 15.1 Å². The van der Waals surface area contributed by atoms with Crippen LogP contribution in [0.4, 0.5) is 0 Å². The molecule has 1 unspecified atom stereocenters. The Morgan fingerprint density at radius 3 is 2.80 bits per heavy atom. The van der Waals surface area contributed by atoms with E-state index in [0.29, 0.717) is 19.4 Å². The van der Waals surface area contributed by atoms with Crippen LogP contribution in [0.25, 0.3) is 0 Å². The normalized spacial score (nSPS) is 23.3. The Kier molecular flexibility index (Phi) is 4.57. The predicted octanol–water partition coefficient (Wildman–Crippen LogP) is 0.870. The van der Waals surface area contributed by atoms with Crippen LogP contribution in [-0.4, -0.2) is 31.9 Å². The number of hydrogen-bond donors (Lipinski definition) is 1. The Balaban J connectivity index is 2.70. The molecule has 1 N–H and O–H groups in total. The number of amides is 1. The molecule has 15 heavy (non-hydrogen) atoms. The molecular weight excluding hydrogens is 214 g/mol. The van der Waals surface area contributed by atoms with E-state index in [1.807, 2.05) is 6.92 Å². The summed E-state index contributed by atoms with van der Waals surface area (Å²) >= 11 is 0. The van der Waals surface area contributed by atoms with Gasteiger partial charge in [-0.25, -0.2) is 8.42 Å². The Morgan fingerprint density at radius 1 is 1.40 bits per heavy atom. The lowest BCUT2D eigenvalue weighted by Gasteiger charge is -2.13. The molecular formula is C10H19NO3S. The fourth-order valence-electron chi connectivity index (χ4n) is 1.74. The van der Waals surface area contributed by atoms with Gasteiger partial charge in [-0.15, -0.1) is 0 Å². The first-order chi connectivity index (χ1) is 7.08. The van der Waals surface area contributed by atoms with Gasteiger partial charge in [-0.1, -0.05) is 13.3 Å². The zero-order valence-electron chi connectivity index (χ0n) is 9.16. The molecule has 1 aliphatic rings. The SMILES string of the molecule is CCCCS(=O)(=O)C1CCCCNC1=O. The molecule has 1 amide bonds. The highest BCUT2D eigenvalue weighted by atomic mass is 32.2. The summed E-state index contributed by atoms with van der Waals surface area (Å²) in [4.78, 5) is 11.5. The second-order valence-corrected chi connectivity index (χ2v) is 6.30. The summed E-state index contributed by atoms with van der Waals surface area (Å²) in [5, 5.41) is 1.86. The van der Waals surface area contributed by atoms with Crippen molar-refractivity contribution in [2.24, 2.45) is 0 Å². The van der Waals surface area contributed by atoms with Gasteiger partial charge in [-0.3, -0.25) is 4.79 Å². The van der Waals surface area contributed by atoms with Crippen molar-refractivity contribution in [2.45, 2.75) is 44.3 Å². The van der Waals surface area contributed by atoms with Gasteiger partial charge in [0.05, 0.1) is 5.75 Å². The highest BCUT2D eigenvalue weighted by molar-refractivity contribution is 7.92. The van der Waals surface area contributed by atoms with Crippen molar-refractivity contribution in [2.75, 3.05) is 12.3 Å². The lowest BCUT2D eigenvalue weighted by atomic mass is 10.2. The largest absolute Gasteiger partial charge is 0.355 e. The number of carbonyl (C=O) groups is 1. The van der Waals surface area contributed by atoms with Gasteiger partial charge in [0.2, 0.25) is 5.91 Å². The van der Waals surface area contributed by atoms with Crippen molar-refractivity contribution in [3.05, 3.63) is 0 Å². The fourth-order valence-corrected chi connectivity index (χ4v) is 3.65. The van der Waals surface area contributed by atoms with Crippen molar-refractivity contribution >= 4 is 15.7 Å². The third kappa shape index (κ3) is 3.48. The molecule has 88 valence electrons. The summed E-state index contributed by atoms with van der Waals surface area (Å²) < 4.78 is 23.7. The maximum absolute atomic E-state index is 11.8. The maximum atomic E-state index is 11.8. The number of sulfone groups is 1. The number of nitrogens with one attached hydrogen (secondary N) is 1. The van der Waals surface area contributed by atoms with Crippen LogP contribution in [0.15, 0.2) is 0 Å². The summed E-state index contributed by atoms with van der Waals surface area (Å²) in [5.74, 6) is -0.162. The van der Waals surface area contributed by atoms with Gasteiger partial charge >= 0.3 is 0 Å². The molecule has 1 fully saturated rings. The van der Waals surface area contributed by atoms with Crippen molar-refractivity contribution in [1.29, 1.82) is 0 Å². The Hall–Kier alpha value is -0.580. The quantitative estimate of drug-likeness (QED) is 0.783. The number of hydrogen-bond acceptors (Lipinski definition) is 3. The molecule has 1 heterocycles. The molecule has 0 spiro atoms. The van der Waals surface area contributed by atoms with Crippen molar-refractivity contribution in [3.8, 4) is 0 Å². The summed E-state index contributed by atoms with van der Waals surface area (Å²) in [6, 6.07) is 0. The highest BCUT2D eigenvalue weighted by Crippen LogP contribution is 2.15. The average Bonchev–Trinajstić information content (AvgIpc) is 2.40. The first-order valence-corrected chi connectivity index (χ1v) is 7.28. The zero-order valence-corrected chi connectivity index (χ0v) is 9.98. The van der Waals surface area contributed by atoms with Crippen molar-refractivity contribution in [3.63, 3.8) is 0 Å². The minimum absolute atomic E-state index is 0.140. The van der Waals surface area contributed by atoms with Crippen molar-refractivity contribution < 1.29 is 13.2 Å². The maximum Gasteiger partial charge on any atom is 0.238 e. The monoisotopic (exact) mass is 233 g/mol. The molecule has 1 aliphatic heterocycles. The van der Waals surface area contributed by atoms with Gasteiger partial charge in [0, 0.05) is 6.54 Å². The summed E-state index contributed by atoms with van der Waals surface area (Å²) in [5.41, 5.74) is 0. The number of unbranched alkanes of at least 4 members (excludes halogenated alkanes) is 1. The summed E-state index contributed by atoms with van der Waals surface area (Å²) in [7, 11) is -3.23. The minimum Gasteiger partial charge on any atom is -0.355 e. The number of carbonyl (C=O) groups excluding carboxylic acids is 1. The molecule has 0 radical (unpaired) electrons. The van der Waals surface area contributed by atoms with Gasteiger partial charge < -0.3 is 5.32 Å². The van der Waals surface area contributed by atoms with E-state index in [1.54, 1.807) is 0 Å². The van der Waals surface area contributed by atoms with E-state index >= 15 is 0 Å². The summed E-state index contributed by atoms with van der Waals surface area (Å²) in [6.45, 7) is 2.56. The molecule has 1 atom stereocenters. The van der Waals surface area contributed by atoms with Crippen molar-refractivity contribution in [1.82, 2.24) is 5.32 Å². The Bertz CT molecular complexity index is 311. The standard InChI is InChI=1S/C10H19NO3S/c1-2-3-8-15(13,14)9-6-4-5-7-11-10(9)12/h9H,2-8H2,1H3,(H,11,12). The topological polar surface area (TPSA) is 63.2 Å². The van der Waals surface area contributed by atoms with E-state index in [9.17, 15) is 13.2 Å². The van der Waals surface area contributed by atoms with Crippen LogP contribution in [0.2, 0.25) is 0 Å². The molecule has 4 nitrogen and oxygen atoms in total. The van der Waals surface area contributed by atoms with Crippen LogP contribution in [0.1, 0.15) is 39.0 Å². The fraction of sp³-hybridized carbons (Fsp3) is 0.900. The highest BCUT2D eigenvalue weighted by Gasteiger charge is 2.32. The Labute approximate surface area is 91.4 Å². The third-order valence-corrected chi connectivity index (χ3v) is 4.88. The molecule has 0 aromatic heterocycles. The second kappa shape index (κ2) is 5.49. The lowest BCUT2D eigenvalue weighted by Crippen LogP contribution is -2.39. The molecule has 1 saturated heterocycles. The molecule has 0 saturated carbocycles. The second-order valence-electron chi connectivity index (χ2n) is 4.00. The van der Waals surface area contributed by atoms with Gasteiger partial charge in [0.25, 0.3) is 0 Å². The van der Waals surface area contributed by atoms with E-state index in [-0.39, 0.29) is 11.7 Å². The Morgan fingerprint density at radius 2 is 2.13 bits per heavy atom. The zero-order chi connectivity index (χ0) is 11.3. The number of rotatable bonds is 4. The van der Waals surface area contributed by atoms with Gasteiger partial charge in [-0.05, 0) is 25.7 Å². The van der Waals surface area contributed by atoms with Crippen LogP contribution in [0.5, 0.6) is 0 Å². The lowest BCUT2D eigenvalue weighted by molar-refractivity contribution is -0.120. The predicted molar refractivity (Wildman–Crippen MR) is 59.3 cm³/mol. The van der Waals surface area contributed by atoms with E-state index in [1.165, 1.54) is 0 Å². The minimum atomic E-state index is -3.23. The van der Waals surface area contributed by atoms with Gasteiger partial charge in [0.1, 0.15) is 5.25 Å². The van der Waals surface area contributed by atoms with Crippen LogP contribution < -0.4 is 5.32 Å². The van der Waals surface area contributed by atoms with Crippen LogP contribution in [-0.2, 0) is 14.6 Å². The van der Waals surface area contributed by atoms with Crippen LogP contribution in [0.3, 0.4) is 0 Å². The molecule has 0 bridgehead atoms. The molecule has 0 aromatic rings. The average molecular weight is 233 g/mol. The molecule has 1 rings (SSSR count). The van der Waals surface area contributed by atoms with E-state index in [4.69, 9.17) is 0 Å². The van der Waals surface area contributed by atoms with Crippen LogP contribution in [0, 0.1) is 0 Å². The van der Waals surface area contributed by atoms with E-state index in [2.05, 4.69) is 5.32 Å². The smallest absolute Gasteiger partial charge is 0.238 e. The first-order valence-electron chi connectivity index (χ1n) is 5.57. The molecule has 5 heteroatoms. The molecule has 0 aromatic carbocycles. The molecule has 0 aliphatic carbocycles.